The molecule has 1 saturated heterocycles. The second kappa shape index (κ2) is 6.88. The third-order valence-corrected chi connectivity index (χ3v) is 7.18. The molecule has 4 rings (SSSR count). The Labute approximate surface area is 153 Å². The lowest BCUT2D eigenvalue weighted by Crippen LogP contribution is -2.72. The van der Waals surface area contributed by atoms with Crippen molar-refractivity contribution in [3.05, 3.63) is 0 Å². The molecule has 3 unspecified atom stereocenters. The monoisotopic (exact) mass is 373 g/mol. The summed E-state index contributed by atoms with van der Waals surface area (Å²) in [6.07, 6.45) is 2.67. The highest BCUT2D eigenvalue weighted by Gasteiger charge is 2.66. The number of fused-ring (bicyclic) bond motifs is 2. The molecule has 1 aliphatic heterocycles. The molecule has 1 heterocycles. The van der Waals surface area contributed by atoms with Crippen LogP contribution in [0.3, 0.4) is 0 Å². The fraction of sp³-hybridized carbons (Fsp3) is 0.947. The first-order valence-electron chi connectivity index (χ1n) is 10.2. The summed E-state index contributed by atoms with van der Waals surface area (Å²) in [4.78, 5) is 4.58. The maximum absolute atomic E-state index is 12.9. The zero-order valence-corrected chi connectivity index (χ0v) is 15.4. The van der Waals surface area contributed by atoms with Gasteiger partial charge in [-0.25, -0.2) is 0 Å². The summed E-state index contributed by atoms with van der Waals surface area (Å²) in [7, 11) is 0. The van der Waals surface area contributed by atoms with Crippen molar-refractivity contribution in [1.29, 1.82) is 0 Å². The van der Waals surface area contributed by atoms with Crippen LogP contribution in [0.5, 0.6) is 0 Å². The van der Waals surface area contributed by atoms with Gasteiger partial charge in [0.25, 0.3) is 0 Å². The van der Waals surface area contributed by atoms with Crippen LogP contribution < -0.4 is 10.6 Å². The molecule has 0 aromatic heterocycles. The number of nitrogens with one attached hydrogen (secondary N) is 2. The summed E-state index contributed by atoms with van der Waals surface area (Å²) < 4.78 is 44.6. The van der Waals surface area contributed by atoms with Crippen molar-refractivity contribution >= 4 is 5.96 Å². The number of nitrogens with zero attached hydrogens (tertiary/aromatic N) is 1. The minimum Gasteiger partial charge on any atom is -0.377 e. The van der Waals surface area contributed by atoms with Crippen LogP contribution in [0.1, 0.15) is 58.3 Å². The summed E-state index contributed by atoms with van der Waals surface area (Å²) in [5.74, 6) is 0.200. The molecule has 4 fully saturated rings. The molecule has 3 aliphatic carbocycles. The Hall–Kier alpha value is -0.980. The Morgan fingerprint density at radius 2 is 1.85 bits per heavy atom. The summed E-state index contributed by atoms with van der Waals surface area (Å²) in [5, 5.41) is 7.07. The summed E-state index contributed by atoms with van der Waals surface area (Å²) >= 11 is 0. The van der Waals surface area contributed by atoms with E-state index in [1.54, 1.807) is 0 Å². The Morgan fingerprint density at radius 3 is 2.42 bits per heavy atom. The molecule has 3 atom stereocenters. The number of aliphatic imine (C=N–C) groups is 1. The number of rotatable bonds is 3. The second-order valence-electron chi connectivity index (χ2n) is 8.51. The van der Waals surface area contributed by atoms with Crippen LogP contribution in [0.4, 0.5) is 13.2 Å². The first-order chi connectivity index (χ1) is 12.4. The molecular formula is C19H30F3N3O. The molecule has 3 saturated carbocycles. The lowest BCUT2D eigenvalue weighted by molar-refractivity contribution is -0.182. The van der Waals surface area contributed by atoms with E-state index >= 15 is 0 Å². The third-order valence-electron chi connectivity index (χ3n) is 7.18. The van der Waals surface area contributed by atoms with Gasteiger partial charge in [-0.3, -0.25) is 4.99 Å². The normalized spacial score (nSPS) is 39.1. The molecule has 2 N–H and O–H groups in total. The van der Waals surface area contributed by atoms with E-state index in [0.717, 1.165) is 19.0 Å². The van der Waals surface area contributed by atoms with Gasteiger partial charge in [0.15, 0.2) is 5.96 Å². The molecule has 148 valence electrons. The van der Waals surface area contributed by atoms with Gasteiger partial charge in [-0.1, -0.05) is 6.42 Å². The Morgan fingerprint density at radius 1 is 1.12 bits per heavy atom. The third kappa shape index (κ3) is 3.10. The standard InChI is InChI=1S/C19H30F3N3O/c1-2-23-17(24-13-6-4-12(5-7-13)19(20,21)22)25-15-14-8-11-26-16(14)18(15)9-3-10-18/h12-16H,2-11H2,1H3,(H2,23,24,25). The quantitative estimate of drug-likeness (QED) is 0.587. The van der Waals surface area contributed by atoms with Crippen molar-refractivity contribution < 1.29 is 17.9 Å². The van der Waals surface area contributed by atoms with E-state index in [1.165, 1.54) is 19.3 Å². The van der Waals surface area contributed by atoms with Crippen molar-refractivity contribution in [2.75, 3.05) is 13.2 Å². The van der Waals surface area contributed by atoms with Crippen molar-refractivity contribution in [3.8, 4) is 0 Å². The van der Waals surface area contributed by atoms with E-state index in [1.807, 2.05) is 6.92 Å². The van der Waals surface area contributed by atoms with Gasteiger partial charge in [0.2, 0.25) is 0 Å². The second-order valence-corrected chi connectivity index (χ2v) is 8.51. The van der Waals surface area contributed by atoms with Gasteiger partial charge in [0, 0.05) is 36.6 Å². The van der Waals surface area contributed by atoms with Gasteiger partial charge in [-0.05, 0) is 51.9 Å². The SMILES string of the molecule is CCN=C(NC1CCC(C(F)(F)F)CC1)NC1C2CCOC2C12CCC2. The Balaban J connectivity index is 1.35. The van der Waals surface area contributed by atoms with Crippen LogP contribution in [0, 0.1) is 17.3 Å². The molecule has 4 aliphatic rings. The Kier molecular flexibility index (Phi) is 4.86. The minimum atomic E-state index is -4.05. The number of ether oxygens (including phenoxy) is 1. The average molecular weight is 373 g/mol. The van der Waals surface area contributed by atoms with Crippen LogP contribution in [0.25, 0.3) is 0 Å². The number of halogens is 3. The van der Waals surface area contributed by atoms with E-state index in [4.69, 9.17) is 4.74 Å². The molecule has 7 heteroatoms. The van der Waals surface area contributed by atoms with Crippen molar-refractivity contribution in [3.63, 3.8) is 0 Å². The molecular weight excluding hydrogens is 343 g/mol. The van der Waals surface area contributed by atoms with E-state index in [0.29, 0.717) is 37.5 Å². The van der Waals surface area contributed by atoms with Crippen LogP contribution in [-0.4, -0.2) is 43.5 Å². The van der Waals surface area contributed by atoms with Gasteiger partial charge in [-0.15, -0.1) is 0 Å². The van der Waals surface area contributed by atoms with Gasteiger partial charge in [-0.2, -0.15) is 13.2 Å². The molecule has 0 bridgehead atoms. The van der Waals surface area contributed by atoms with Crippen LogP contribution >= 0.6 is 0 Å². The van der Waals surface area contributed by atoms with Crippen LogP contribution in [0.15, 0.2) is 4.99 Å². The average Bonchev–Trinajstić information content (AvgIpc) is 2.96. The maximum Gasteiger partial charge on any atom is 0.391 e. The summed E-state index contributed by atoms with van der Waals surface area (Å²) in [5.41, 5.74) is 0.269. The largest absolute Gasteiger partial charge is 0.391 e. The molecule has 4 nitrogen and oxygen atoms in total. The number of alkyl halides is 3. The topological polar surface area (TPSA) is 45.7 Å². The fourth-order valence-electron chi connectivity index (χ4n) is 5.65. The molecule has 0 aromatic rings. The van der Waals surface area contributed by atoms with Crippen molar-refractivity contribution in [1.82, 2.24) is 10.6 Å². The molecule has 1 spiro atoms. The van der Waals surface area contributed by atoms with Crippen LogP contribution in [0.2, 0.25) is 0 Å². The van der Waals surface area contributed by atoms with Crippen molar-refractivity contribution in [2.45, 2.75) is 82.7 Å². The predicted octanol–water partition coefficient (Wildman–Crippen LogP) is 3.62. The van der Waals surface area contributed by atoms with Gasteiger partial charge < -0.3 is 15.4 Å². The zero-order chi connectivity index (χ0) is 18.4. The lowest BCUT2D eigenvalue weighted by atomic mass is 9.46. The number of hydrogen-bond donors (Lipinski definition) is 2. The Bertz CT molecular complexity index is 539. The van der Waals surface area contributed by atoms with E-state index in [2.05, 4.69) is 15.6 Å². The van der Waals surface area contributed by atoms with Crippen LogP contribution in [-0.2, 0) is 4.74 Å². The highest BCUT2D eigenvalue weighted by molar-refractivity contribution is 5.80. The number of hydrogen-bond acceptors (Lipinski definition) is 2. The maximum atomic E-state index is 12.9. The first-order valence-corrected chi connectivity index (χ1v) is 10.2. The minimum absolute atomic E-state index is 0.0828. The van der Waals surface area contributed by atoms with E-state index in [9.17, 15) is 13.2 Å². The first kappa shape index (κ1) is 18.4. The van der Waals surface area contributed by atoms with Gasteiger partial charge >= 0.3 is 6.18 Å². The van der Waals surface area contributed by atoms with Gasteiger partial charge in [0.05, 0.1) is 12.0 Å². The summed E-state index contributed by atoms with van der Waals surface area (Å²) in [6.45, 7) is 3.51. The molecule has 0 radical (unpaired) electrons. The van der Waals surface area contributed by atoms with E-state index < -0.39 is 12.1 Å². The highest BCUT2D eigenvalue weighted by Crippen LogP contribution is 2.62. The molecule has 0 amide bonds. The molecule has 26 heavy (non-hydrogen) atoms. The summed E-state index contributed by atoms with van der Waals surface area (Å²) in [6, 6.07) is 0.479. The smallest absolute Gasteiger partial charge is 0.377 e. The number of guanidine groups is 1. The van der Waals surface area contributed by atoms with E-state index in [-0.39, 0.29) is 24.3 Å². The lowest BCUT2D eigenvalue weighted by Gasteiger charge is -2.63. The molecule has 0 aromatic carbocycles. The predicted molar refractivity (Wildman–Crippen MR) is 94.0 cm³/mol. The zero-order valence-electron chi connectivity index (χ0n) is 15.4. The fourth-order valence-corrected chi connectivity index (χ4v) is 5.65. The van der Waals surface area contributed by atoms with Crippen molar-refractivity contribution in [2.24, 2.45) is 22.2 Å². The highest BCUT2D eigenvalue weighted by atomic mass is 19.4. The van der Waals surface area contributed by atoms with Gasteiger partial charge in [0.1, 0.15) is 0 Å².